The normalized spacial score (nSPS) is 11.2. The fraction of sp³-hybridized carbons (Fsp3) is 0. The Morgan fingerprint density at radius 1 is 0.432 bits per heavy atom. The lowest BCUT2D eigenvalue weighted by Crippen LogP contribution is -1.92. The summed E-state index contributed by atoms with van der Waals surface area (Å²) in [6, 6.07) is 44.2. The van der Waals surface area contributed by atoms with E-state index in [0.717, 1.165) is 55.6 Å². The molecule has 0 aliphatic heterocycles. The Morgan fingerprint density at radius 2 is 1.03 bits per heavy atom. The van der Waals surface area contributed by atoms with E-state index in [4.69, 9.17) is 9.97 Å². The highest BCUT2D eigenvalue weighted by Gasteiger charge is 2.12. The van der Waals surface area contributed by atoms with Crippen molar-refractivity contribution < 1.29 is 0 Å². The fourth-order valence-electron chi connectivity index (χ4n) is 5.05. The molecule has 0 fully saturated rings. The van der Waals surface area contributed by atoms with Gasteiger partial charge in [0, 0.05) is 27.7 Å². The molecule has 174 valence electrons. The lowest BCUT2D eigenvalue weighted by atomic mass is 9.99. The minimum absolute atomic E-state index is 0.872. The highest BCUT2D eigenvalue weighted by molar-refractivity contribution is 6.23. The predicted octanol–water partition coefficient (Wildman–Crippen LogP) is 9.01. The number of fused-ring (bicyclic) bond motifs is 6. The van der Waals surface area contributed by atoms with Crippen molar-refractivity contribution in [3.63, 3.8) is 0 Å². The molecule has 7 rings (SSSR count). The van der Waals surface area contributed by atoms with Gasteiger partial charge in [0.15, 0.2) is 0 Å². The smallest absolute Gasteiger partial charge is 0.0979 e. The first-order valence-corrected chi connectivity index (χ1v) is 12.4. The minimum Gasteiger partial charge on any atom is -0.356 e. The summed E-state index contributed by atoms with van der Waals surface area (Å²) in [4.78, 5) is 10.1. The van der Waals surface area contributed by atoms with Gasteiger partial charge in [-0.15, -0.1) is 0 Å². The van der Waals surface area contributed by atoms with Crippen molar-refractivity contribution >= 4 is 44.0 Å². The van der Waals surface area contributed by atoms with Gasteiger partial charge in [-0.2, -0.15) is 0 Å². The minimum atomic E-state index is 0.872. The van der Waals surface area contributed by atoms with Crippen molar-refractivity contribution in [2.75, 3.05) is 5.32 Å². The summed E-state index contributed by atoms with van der Waals surface area (Å²) in [7, 11) is 0. The van der Waals surface area contributed by atoms with Crippen LogP contribution in [0, 0.1) is 0 Å². The number of hydrogen-bond donors (Lipinski definition) is 1. The number of hydrogen-bond acceptors (Lipinski definition) is 3. The van der Waals surface area contributed by atoms with Crippen LogP contribution in [0.3, 0.4) is 0 Å². The Bertz CT molecular complexity index is 1860. The summed E-state index contributed by atoms with van der Waals surface area (Å²) in [5, 5.41) is 8.12. The van der Waals surface area contributed by atoms with Gasteiger partial charge in [-0.25, -0.2) is 4.98 Å². The molecule has 1 N–H and O–H groups in total. The molecule has 3 heteroatoms. The summed E-state index contributed by atoms with van der Waals surface area (Å²) in [5.41, 5.74) is 8.25. The Hall–Kier alpha value is -5.02. The molecule has 37 heavy (non-hydrogen) atoms. The van der Waals surface area contributed by atoms with Gasteiger partial charge in [0.2, 0.25) is 0 Å². The second-order valence-electron chi connectivity index (χ2n) is 9.19. The number of rotatable bonds is 4. The highest BCUT2D eigenvalue weighted by atomic mass is 14.9. The van der Waals surface area contributed by atoms with Gasteiger partial charge in [-0.05, 0) is 52.2 Å². The average Bonchev–Trinajstić information content (AvgIpc) is 2.98. The summed E-state index contributed by atoms with van der Waals surface area (Å²) >= 11 is 0. The molecule has 7 aromatic rings. The molecule has 0 spiro atoms. The predicted molar refractivity (Wildman–Crippen MR) is 155 cm³/mol. The van der Waals surface area contributed by atoms with Crippen molar-refractivity contribution in [1.29, 1.82) is 0 Å². The molecule has 0 bridgehead atoms. The monoisotopic (exact) mass is 473 g/mol. The van der Waals surface area contributed by atoms with Crippen LogP contribution in [-0.2, 0) is 0 Å². The number of para-hydroxylation sites is 1. The van der Waals surface area contributed by atoms with Crippen molar-refractivity contribution in [2.24, 2.45) is 0 Å². The molecule has 0 radical (unpaired) electrons. The molecule has 0 aliphatic carbocycles. The number of anilines is 2. The van der Waals surface area contributed by atoms with E-state index < -0.39 is 0 Å². The number of nitrogens with zero attached hydrogens (tertiary/aromatic N) is 2. The topological polar surface area (TPSA) is 37.8 Å². The fourth-order valence-corrected chi connectivity index (χ4v) is 5.05. The van der Waals surface area contributed by atoms with E-state index in [1.807, 2.05) is 24.4 Å². The quantitative estimate of drug-likeness (QED) is 0.259. The van der Waals surface area contributed by atoms with E-state index in [0.29, 0.717) is 0 Å². The molecule has 1 heterocycles. The molecular weight excluding hydrogens is 450 g/mol. The molecule has 0 saturated carbocycles. The third-order valence-electron chi connectivity index (χ3n) is 6.87. The van der Waals surface area contributed by atoms with Crippen molar-refractivity contribution in [3.05, 3.63) is 134 Å². The molecule has 3 nitrogen and oxygen atoms in total. The average molecular weight is 474 g/mol. The van der Waals surface area contributed by atoms with Crippen LogP contribution >= 0.6 is 0 Å². The van der Waals surface area contributed by atoms with Crippen LogP contribution in [-0.4, -0.2) is 9.97 Å². The first kappa shape index (κ1) is 21.3. The number of nitrogens with one attached hydrogen (secondary N) is 1. The van der Waals surface area contributed by atoms with Gasteiger partial charge in [0.05, 0.1) is 22.9 Å². The van der Waals surface area contributed by atoms with Gasteiger partial charge in [0.1, 0.15) is 0 Å². The summed E-state index contributed by atoms with van der Waals surface area (Å²) in [5.74, 6) is 0. The summed E-state index contributed by atoms with van der Waals surface area (Å²) in [6.07, 6.45) is 1.90. The Morgan fingerprint density at radius 3 is 1.76 bits per heavy atom. The molecule has 0 amide bonds. The SMILES string of the molecule is c1ccc(Nc2ccc(-c3cccc(-c4cnc5c6ccccc6c6ccccc6c5n4)c3)cc2)cc1. The number of aromatic nitrogens is 2. The first-order chi connectivity index (χ1) is 18.3. The van der Waals surface area contributed by atoms with E-state index >= 15 is 0 Å². The number of benzene rings is 6. The zero-order valence-electron chi connectivity index (χ0n) is 20.1. The van der Waals surface area contributed by atoms with Gasteiger partial charge in [0.25, 0.3) is 0 Å². The van der Waals surface area contributed by atoms with E-state index in [1.165, 1.54) is 10.8 Å². The first-order valence-electron chi connectivity index (χ1n) is 12.4. The van der Waals surface area contributed by atoms with E-state index in [-0.39, 0.29) is 0 Å². The maximum atomic E-state index is 5.15. The zero-order valence-corrected chi connectivity index (χ0v) is 20.1. The maximum Gasteiger partial charge on any atom is 0.0979 e. The van der Waals surface area contributed by atoms with Crippen molar-refractivity contribution in [3.8, 4) is 22.4 Å². The van der Waals surface area contributed by atoms with Crippen molar-refractivity contribution in [2.45, 2.75) is 0 Å². The Labute approximate surface area is 215 Å². The van der Waals surface area contributed by atoms with Crippen LogP contribution in [0.2, 0.25) is 0 Å². The lowest BCUT2D eigenvalue weighted by molar-refractivity contribution is 1.31. The van der Waals surface area contributed by atoms with Gasteiger partial charge in [-0.1, -0.05) is 97.1 Å². The highest BCUT2D eigenvalue weighted by Crippen LogP contribution is 2.34. The van der Waals surface area contributed by atoms with Crippen LogP contribution in [0.25, 0.3) is 55.0 Å². The van der Waals surface area contributed by atoms with Gasteiger partial charge in [-0.3, -0.25) is 4.98 Å². The van der Waals surface area contributed by atoms with Crippen LogP contribution in [0.5, 0.6) is 0 Å². The lowest BCUT2D eigenvalue weighted by Gasteiger charge is -2.11. The molecule has 0 unspecified atom stereocenters. The molecular formula is C34H23N3. The molecule has 0 aliphatic rings. The summed E-state index contributed by atoms with van der Waals surface area (Å²) < 4.78 is 0. The second kappa shape index (κ2) is 8.89. The Kier molecular flexibility index (Phi) is 5.11. The van der Waals surface area contributed by atoms with Crippen molar-refractivity contribution in [1.82, 2.24) is 9.97 Å². The largest absolute Gasteiger partial charge is 0.356 e. The van der Waals surface area contributed by atoms with E-state index in [2.05, 4.69) is 115 Å². The zero-order chi connectivity index (χ0) is 24.6. The third kappa shape index (κ3) is 3.87. The molecule has 0 atom stereocenters. The van der Waals surface area contributed by atoms with E-state index in [1.54, 1.807) is 0 Å². The van der Waals surface area contributed by atoms with Gasteiger partial charge < -0.3 is 5.32 Å². The summed E-state index contributed by atoms with van der Waals surface area (Å²) in [6.45, 7) is 0. The van der Waals surface area contributed by atoms with Crippen LogP contribution in [0.1, 0.15) is 0 Å². The second-order valence-corrected chi connectivity index (χ2v) is 9.19. The molecule has 0 saturated heterocycles. The van der Waals surface area contributed by atoms with Crippen LogP contribution in [0.4, 0.5) is 11.4 Å². The molecule has 6 aromatic carbocycles. The van der Waals surface area contributed by atoms with Crippen LogP contribution < -0.4 is 5.32 Å². The molecule has 1 aromatic heterocycles. The third-order valence-corrected chi connectivity index (χ3v) is 6.87. The van der Waals surface area contributed by atoms with Gasteiger partial charge >= 0.3 is 0 Å². The van der Waals surface area contributed by atoms with Crippen LogP contribution in [0.15, 0.2) is 134 Å². The van der Waals surface area contributed by atoms with E-state index in [9.17, 15) is 0 Å². The Balaban J connectivity index is 1.28. The standard InChI is InChI=1S/C34H23N3/c1-2-11-26(12-3-1)36-27-19-17-23(18-20-27)24-9-8-10-25(21-24)32-22-35-33-30-15-6-4-13-28(30)29-14-5-7-16-31(29)34(33)37-32/h1-22,36H. The maximum absolute atomic E-state index is 5.15.